The molecule has 0 aliphatic heterocycles. The number of carbonyl (C=O) groups excluding carboxylic acids is 1. The van der Waals surface area contributed by atoms with Gasteiger partial charge in [-0.2, -0.15) is 0 Å². The third-order valence-corrected chi connectivity index (χ3v) is 2.88. The highest BCUT2D eigenvalue weighted by molar-refractivity contribution is 5.79. The van der Waals surface area contributed by atoms with Crippen LogP contribution in [0.4, 0.5) is 0 Å². The summed E-state index contributed by atoms with van der Waals surface area (Å²) in [5.74, 6) is 5.54. The molecule has 0 unspecified atom stereocenters. The van der Waals surface area contributed by atoms with Crippen LogP contribution in [0.3, 0.4) is 0 Å². The zero-order valence-electron chi connectivity index (χ0n) is 12.2. The van der Waals surface area contributed by atoms with Crippen molar-refractivity contribution in [1.82, 2.24) is 0 Å². The molecule has 0 N–H and O–H groups in total. The molecule has 0 heterocycles. The summed E-state index contributed by atoms with van der Waals surface area (Å²) in [5.41, 5.74) is 2.66. The van der Waals surface area contributed by atoms with Crippen molar-refractivity contribution in [1.29, 1.82) is 0 Å². The largest absolute Gasteiger partial charge is 0.468 e. The lowest BCUT2D eigenvalue weighted by atomic mass is 9.94. The summed E-state index contributed by atoms with van der Waals surface area (Å²) in [6, 6.07) is 8.26. The second-order valence-corrected chi connectivity index (χ2v) is 5.08. The first kappa shape index (κ1) is 15.0. The predicted molar refractivity (Wildman–Crippen MR) is 78.4 cm³/mol. The number of ether oxygens (including phenoxy) is 1. The molecular weight excluding hydrogens is 236 g/mol. The average Bonchev–Trinajstić information content (AvgIpc) is 2.38. The van der Waals surface area contributed by atoms with E-state index in [-0.39, 0.29) is 5.97 Å². The molecule has 0 aliphatic rings. The van der Waals surface area contributed by atoms with E-state index in [9.17, 15) is 4.79 Å². The van der Waals surface area contributed by atoms with E-state index in [1.807, 2.05) is 13.0 Å². The van der Waals surface area contributed by atoms with Crippen molar-refractivity contribution in [2.24, 2.45) is 5.41 Å². The maximum Gasteiger partial charge on any atom is 0.323 e. The average molecular weight is 256 g/mol. The van der Waals surface area contributed by atoms with Gasteiger partial charge in [0.05, 0.1) is 7.11 Å². The van der Waals surface area contributed by atoms with Crippen molar-refractivity contribution in [3.05, 3.63) is 41.5 Å². The number of rotatable bonds is 2. The van der Waals surface area contributed by atoms with Crippen LogP contribution in [0.25, 0.3) is 5.57 Å². The van der Waals surface area contributed by atoms with Crippen molar-refractivity contribution < 1.29 is 9.53 Å². The summed E-state index contributed by atoms with van der Waals surface area (Å²) in [7, 11) is 1.37. The van der Waals surface area contributed by atoms with E-state index in [1.165, 1.54) is 12.7 Å². The Morgan fingerprint density at radius 1 is 1.26 bits per heavy atom. The van der Waals surface area contributed by atoms with E-state index in [0.717, 1.165) is 11.1 Å². The molecule has 0 bridgehead atoms. The van der Waals surface area contributed by atoms with Crippen LogP contribution in [0.5, 0.6) is 0 Å². The predicted octanol–water partition coefficient (Wildman–Crippen LogP) is 3.60. The molecular formula is C17H20O2. The first-order valence-corrected chi connectivity index (χ1v) is 6.22. The number of hydrogen-bond donors (Lipinski definition) is 0. The SMILES string of the molecule is COC(=O)C(C)(C)C#C/C=C(\C)c1ccc(C)cc1. The molecule has 0 amide bonds. The van der Waals surface area contributed by atoms with Gasteiger partial charge in [-0.25, -0.2) is 0 Å². The Labute approximate surface area is 115 Å². The van der Waals surface area contributed by atoms with Crippen LogP contribution in [0, 0.1) is 24.2 Å². The smallest absolute Gasteiger partial charge is 0.323 e. The Hall–Kier alpha value is -2.01. The Morgan fingerprint density at radius 2 is 1.84 bits per heavy atom. The summed E-state index contributed by atoms with van der Waals surface area (Å²) < 4.78 is 4.71. The van der Waals surface area contributed by atoms with Crippen LogP contribution in [-0.4, -0.2) is 13.1 Å². The van der Waals surface area contributed by atoms with Crippen LogP contribution >= 0.6 is 0 Å². The van der Waals surface area contributed by atoms with Crippen molar-refractivity contribution in [3.8, 4) is 11.8 Å². The van der Waals surface area contributed by atoms with E-state index in [0.29, 0.717) is 0 Å². The fourth-order valence-electron chi connectivity index (χ4n) is 1.53. The first-order chi connectivity index (χ1) is 8.86. The standard InChI is InChI=1S/C17H20O2/c1-13-8-10-15(11-9-13)14(2)7-6-12-17(3,4)16(18)19-5/h7-11H,1-5H3/b14-7+. The molecule has 0 aromatic heterocycles. The number of hydrogen-bond acceptors (Lipinski definition) is 2. The summed E-state index contributed by atoms with van der Waals surface area (Å²) >= 11 is 0. The van der Waals surface area contributed by atoms with Gasteiger partial charge in [0.15, 0.2) is 0 Å². The molecule has 100 valence electrons. The van der Waals surface area contributed by atoms with Crippen molar-refractivity contribution in [2.45, 2.75) is 27.7 Å². The maximum atomic E-state index is 11.5. The van der Waals surface area contributed by atoms with Crippen LogP contribution < -0.4 is 0 Å². The minimum absolute atomic E-state index is 0.318. The third kappa shape index (κ3) is 4.30. The maximum absolute atomic E-state index is 11.5. The van der Waals surface area contributed by atoms with E-state index in [1.54, 1.807) is 13.8 Å². The molecule has 0 spiro atoms. The second-order valence-electron chi connectivity index (χ2n) is 5.08. The molecule has 0 aliphatic carbocycles. The molecule has 0 fully saturated rings. The van der Waals surface area contributed by atoms with E-state index >= 15 is 0 Å². The van der Waals surface area contributed by atoms with E-state index < -0.39 is 5.41 Å². The molecule has 1 aromatic rings. The van der Waals surface area contributed by atoms with Gasteiger partial charge in [-0.15, -0.1) is 0 Å². The molecule has 2 nitrogen and oxygen atoms in total. The lowest BCUT2D eigenvalue weighted by Gasteiger charge is -2.13. The molecule has 1 aromatic carbocycles. The van der Waals surface area contributed by atoms with Gasteiger partial charge in [0.2, 0.25) is 0 Å². The Kier molecular flexibility index (Phi) is 4.94. The van der Waals surface area contributed by atoms with Gasteiger partial charge in [0.1, 0.15) is 5.41 Å². The quantitative estimate of drug-likeness (QED) is 0.597. The number of carbonyl (C=O) groups is 1. The van der Waals surface area contributed by atoms with Crippen molar-refractivity contribution in [3.63, 3.8) is 0 Å². The summed E-state index contributed by atoms with van der Waals surface area (Å²) in [6.07, 6.45) is 1.83. The normalized spacial score (nSPS) is 11.5. The highest BCUT2D eigenvalue weighted by Crippen LogP contribution is 2.16. The number of benzene rings is 1. The summed E-state index contributed by atoms with van der Waals surface area (Å²) in [5, 5.41) is 0. The van der Waals surface area contributed by atoms with Gasteiger partial charge in [0, 0.05) is 0 Å². The van der Waals surface area contributed by atoms with Crippen LogP contribution in [0.1, 0.15) is 31.9 Å². The van der Waals surface area contributed by atoms with Crippen molar-refractivity contribution in [2.75, 3.05) is 7.11 Å². The zero-order valence-corrected chi connectivity index (χ0v) is 12.2. The van der Waals surface area contributed by atoms with E-state index in [4.69, 9.17) is 4.74 Å². The molecule has 2 heteroatoms. The number of allylic oxidation sites excluding steroid dienone is 2. The fraction of sp³-hybridized carbons (Fsp3) is 0.353. The van der Waals surface area contributed by atoms with Crippen LogP contribution in [0.2, 0.25) is 0 Å². The number of esters is 1. The molecule has 0 radical (unpaired) electrons. The number of aryl methyl sites for hydroxylation is 1. The molecule has 0 atom stereocenters. The topological polar surface area (TPSA) is 26.3 Å². The second kappa shape index (κ2) is 6.24. The Bertz CT molecular complexity index is 537. The van der Waals surface area contributed by atoms with Crippen LogP contribution in [-0.2, 0) is 9.53 Å². The molecule has 0 saturated carbocycles. The van der Waals surface area contributed by atoms with Gasteiger partial charge >= 0.3 is 5.97 Å². The highest BCUT2D eigenvalue weighted by atomic mass is 16.5. The Morgan fingerprint density at radius 3 is 2.37 bits per heavy atom. The minimum atomic E-state index is -0.779. The fourth-order valence-corrected chi connectivity index (χ4v) is 1.53. The lowest BCUT2D eigenvalue weighted by Crippen LogP contribution is -2.23. The van der Waals surface area contributed by atoms with Gasteiger partial charge in [-0.05, 0) is 44.9 Å². The summed E-state index contributed by atoms with van der Waals surface area (Å²) in [6.45, 7) is 7.56. The number of methoxy groups -OCH3 is 1. The molecule has 1 rings (SSSR count). The Balaban J connectivity index is 2.88. The zero-order chi connectivity index (χ0) is 14.5. The highest BCUT2D eigenvalue weighted by Gasteiger charge is 2.25. The van der Waals surface area contributed by atoms with Crippen LogP contribution in [0.15, 0.2) is 30.3 Å². The first-order valence-electron chi connectivity index (χ1n) is 6.22. The van der Waals surface area contributed by atoms with Gasteiger partial charge in [-0.1, -0.05) is 41.7 Å². The third-order valence-electron chi connectivity index (χ3n) is 2.88. The monoisotopic (exact) mass is 256 g/mol. The minimum Gasteiger partial charge on any atom is -0.468 e. The van der Waals surface area contributed by atoms with Crippen molar-refractivity contribution >= 4 is 11.5 Å². The molecule has 19 heavy (non-hydrogen) atoms. The summed E-state index contributed by atoms with van der Waals surface area (Å²) in [4.78, 5) is 11.5. The molecule has 0 saturated heterocycles. The van der Waals surface area contributed by atoms with Gasteiger partial charge in [0.25, 0.3) is 0 Å². The van der Waals surface area contributed by atoms with E-state index in [2.05, 4.69) is 43.0 Å². The lowest BCUT2D eigenvalue weighted by molar-refractivity contribution is -0.147. The van der Waals surface area contributed by atoms with Gasteiger partial charge in [-0.3, -0.25) is 4.79 Å². The van der Waals surface area contributed by atoms with Gasteiger partial charge < -0.3 is 4.74 Å².